The van der Waals surface area contributed by atoms with E-state index in [-0.39, 0.29) is 24.4 Å². The number of anilines is 1. The summed E-state index contributed by atoms with van der Waals surface area (Å²) in [7, 11) is 0. The maximum Gasteiger partial charge on any atom is 0.338 e. The third-order valence-corrected chi connectivity index (χ3v) is 5.83. The molecule has 1 amide bonds. The number of nitrogens with one attached hydrogen (secondary N) is 1. The number of esters is 1. The van der Waals surface area contributed by atoms with Crippen molar-refractivity contribution in [2.45, 2.75) is 52.1 Å². The van der Waals surface area contributed by atoms with Gasteiger partial charge in [-0.05, 0) is 63.1 Å². The van der Waals surface area contributed by atoms with Gasteiger partial charge in [-0.25, -0.2) is 4.79 Å². The molecule has 0 atom stereocenters. The molecule has 0 fully saturated rings. The minimum Gasteiger partial charge on any atom is -0.485 e. The number of hydrogen-bond donors (Lipinski definition) is 1. The summed E-state index contributed by atoms with van der Waals surface area (Å²) < 4.78 is 13.1. The summed E-state index contributed by atoms with van der Waals surface area (Å²) in [5.74, 6) is 0.897. The molecular weight excluding hydrogens is 464 g/mol. The number of carbonyl (C=O) groups is 2. The molecule has 0 radical (unpaired) electrons. The molecule has 0 aliphatic carbocycles. The first-order chi connectivity index (χ1) is 16.8. The van der Waals surface area contributed by atoms with E-state index in [2.05, 4.69) is 22.1 Å². The Morgan fingerprint density at radius 2 is 1.97 bits per heavy atom. The Kier molecular flexibility index (Phi) is 9.08. The van der Waals surface area contributed by atoms with Crippen LogP contribution in [0.4, 0.5) is 5.69 Å². The Morgan fingerprint density at radius 1 is 1.17 bits per heavy atom. The molecule has 3 rings (SSSR count). The molecule has 2 aromatic carbocycles. The van der Waals surface area contributed by atoms with Crippen molar-refractivity contribution in [1.29, 1.82) is 0 Å². The summed E-state index contributed by atoms with van der Waals surface area (Å²) in [5.41, 5.74) is 3.05. The molecule has 0 saturated heterocycles. The van der Waals surface area contributed by atoms with E-state index in [1.54, 1.807) is 44.2 Å². The van der Waals surface area contributed by atoms with Gasteiger partial charge in [-0.3, -0.25) is 9.36 Å². The lowest BCUT2D eigenvalue weighted by molar-refractivity contribution is -0.113. The Bertz CT molecular complexity index is 1210. The number of allylic oxidation sites excluding steroid dienone is 1. The van der Waals surface area contributed by atoms with E-state index < -0.39 is 5.97 Å². The first kappa shape index (κ1) is 26.0. The molecule has 35 heavy (non-hydrogen) atoms. The van der Waals surface area contributed by atoms with Crippen LogP contribution in [-0.4, -0.2) is 38.5 Å². The van der Waals surface area contributed by atoms with Gasteiger partial charge in [0, 0.05) is 12.2 Å². The fourth-order valence-electron chi connectivity index (χ4n) is 3.18. The van der Waals surface area contributed by atoms with Gasteiger partial charge in [0.2, 0.25) is 5.91 Å². The van der Waals surface area contributed by atoms with E-state index in [0.717, 1.165) is 16.9 Å². The Hall–Kier alpha value is -3.59. The molecule has 1 heterocycles. The average Bonchev–Trinajstić information content (AvgIpc) is 3.19. The number of ether oxygens (including phenoxy) is 2. The lowest BCUT2D eigenvalue weighted by Gasteiger charge is -2.11. The average molecular weight is 495 g/mol. The summed E-state index contributed by atoms with van der Waals surface area (Å²) in [6, 6.07) is 12.7. The van der Waals surface area contributed by atoms with Crippen LogP contribution in [0.3, 0.4) is 0 Å². The standard InChI is InChI=1S/C26H30N4O4S/c1-6-12-30-23(15-33-22-13-18(4)10-11-19(22)5)28-29-26(30)35-16-24(31)27-21-9-7-8-20(14-21)25(32)34-17(2)3/h6-11,13-14,17H,1,12,15-16H2,2-5H3,(H,27,31). The van der Waals surface area contributed by atoms with E-state index >= 15 is 0 Å². The van der Waals surface area contributed by atoms with Gasteiger partial charge in [0.05, 0.1) is 17.4 Å². The first-order valence-corrected chi connectivity index (χ1v) is 12.2. The van der Waals surface area contributed by atoms with Crippen LogP contribution in [-0.2, 0) is 22.7 Å². The molecule has 8 nitrogen and oxygen atoms in total. The van der Waals surface area contributed by atoms with Crippen LogP contribution in [0.1, 0.15) is 41.2 Å². The van der Waals surface area contributed by atoms with Crippen molar-refractivity contribution in [2.75, 3.05) is 11.1 Å². The molecule has 0 bridgehead atoms. The van der Waals surface area contributed by atoms with Gasteiger partial charge in [0.1, 0.15) is 12.4 Å². The zero-order valence-corrected chi connectivity index (χ0v) is 21.2. The van der Waals surface area contributed by atoms with Gasteiger partial charge < -0.3 is 14.8 Å². The van der Waals surface area contributed by atoms with Crippen molar-refractivity contribution in [3.05, 3.63) is 77.6 Å². The largest absolute Gasteiger partial charge is 0.485 e. The van der Waals surface area contributed by atoms with E-state index in [1.165, 1.54) is 11.8 Å². The van der Waals surface area contributed by atoms with Crippen molar-refractivity contribution in [2.24, 2.45) is 0 Å². The zero-order chi connectivity index (χ0) is 25.4. The van der Waals surface area contributed by atoms with Crippen LogP contribution < -0.4 is 10.1 Å². The molecule has 1 aromatic heterocycles. The summed E-state index contributed by atoms with van der Waals surface area (Å²) in [4.78, 5) is 24.7. The topological polar surface area (TPSA) is 95.3 Å². The van der Waals surface area contributed by atoms with Crippen molar-refractivity contribution in [3.63, 3.8) is 0 Å². The third-order valence-electron chi connectivity index (χ3n) is 4.86. The highest BCUT2D eigenvalue weighted by molar-refractivity contribution is 7.99. The van der Waals surface area contributed by atoms with Crippen LogP contribution in [0, 0.1) is 13.8 Å². The van der Waals surface area contributed by atoms with Gasteiger partial charge in [-0.2, -0.15) is 0 Å². The maximum atomic E-state index is 12.6. The lowest BCUT2D eigenvalue weighted by atomic mass is 10.1. The van der Waals surface area contributed by atoms with Crippen LogP contribution in [0.2, 0.25) is 0 Å². The SMILES string of the molecule is C=CCn1c(COc2cc(C)ccc2C)nnc1SCC(=O)Nc1cccc(C(=O)OC(C)C)c1. The summed E-state index contributed by atoms with van der Waals surface area (Å²) >= 11 is 1.26. The number of rotatable bonds is 11. The van der Waals surface area contributed by atoms with E-state index in [9.17, 15) is 9.59 Å². The van der Waals surface area contributed by atoms with Gasteiger partial charge in [-0.15, -0.1) is 16.8 Å². The second kappa shape index (κ2) is 12.2. The van der Waals surface area contributed by atoms with Crippen LogP contribution in [0.5, 0.6) is 5.75 Å². The van der Waals surface area contributed by atoms with Crippen LogP contribution >= 0.6 is 11.8 Å². The lowest BCUT2D eigenvalue weighted by Crippen LogP contribution is -2.16. The molecule has 0 aliphatic heterocycles. The van der Waals surface area contributed by atoms with Gasteiger partial charge in [0.25, 0.3) is 0 Å². The molecular formula is C26H30N4O4S. The Morgan fingerprint density at radius 3 is 2.71 bits per heavy atom. The third kappa shape index (κ3) is 7.45. The molecule has 0 unspecified atom stereocenters. The first-order valence-electron chi connectivity index (χ1n) is 11.2. The van der Waals surface area contributed by atoms with Crippen LogP contribution in [0.15, 0.2) is 60.3 Å². The Labute approximate surface area is 209 Å². The van der Waals surface area contributed by atoms with E-state index in [4.69, 9.17) is 9.47 Å². The fraction of sp³-hybridized carbons (Fsp3) is 0.308. The molecule has 0 saturated carbocycles. The van der Waals surface area contributed by atoms with Crippen LogP contribution in [0.25, 0.3) is 0 Å². The highest BCUT2D eigenvalue weighted by Gasteiger charge is 2.15. The van der Waals surface area contributed by atoms with E-state index in [1.807, 2.05) is 36.6 Å². The number of nitrogens with zero attached hydrogens (tertiary/aromatic N) is 3. The molecule has 0 aliphatic rings. The molecule has 184 valence electrons. The monoisotopic (exact) mass is 494 g/mol. The Balaban J connectivity index is 1.61. The fourth-order valence-corrected chi connectivity index (χ4v) is 3.95. The minimum absolute atomic E-state index is 0.119. The summed E-state index contributed by atoms with van der Waals surface area (Å²) in [6.07, 6.45) is 1.53. The summed E-state index contributed by atoms with van der Waals surface area (Å²) in [6.45, 7) is 12.1. The summed E-state index contributed by atoms with van der Waals surface area (Å²) in [5, 5.41) is 11.9. The van der Waals surface area contributed by atoms with Crippen molar-refractivity contribution < 1.29 is 19.1 Å². The molecule has 1 N–H and O–H groups in total. The van der Waals surface area contributed by atoms with E-state index in [0.29, 0.717) is 28.8 Å². The highest BCUT2D eigenvalue weighted by atomic mass is 32.2. The number of amides is 1. The number of thioether (sulfide) groups is 1. The number of benzene rings is 2. The van der Waals surface area contributed by atoms with Crippen molar-refractivity contribution in [3.8, 4) is 5.75 Å². The maximum absolute atomic E-state index is 12.6. The molecule has 3 aromatic rings. The predicted octanol–water partition coefficient (Wildman–Crippen LogP) is 4.96. The van der Waals surface area contributed by atoms with Gasteiger partial charge in [-0.1, -0.05) is 36.0 Å². The normalized spacial score (nSPS) is 10.8. The predicted molar refractivity (Wildman–Crippen MR) is 137 cm³/mol. The molecule has 0 spiro atoms. The number of carbonyl (C=O) groups excluding carboxylic acids is 2. The second-order valence-electron chi connectivity index (χ2n) is 8.23. The van der Waals surface area contributed by atoms with Crippen molar-refractivity contribution in [1.82, 2.24) is 14.8 Å². The van der Waals surface area contributed by atoms with Gasteiger partial charge in [0.15, 0.2) is 11.0 Å². The second-order valence-corrected chi connectivity index (χ2v) is 9.17. The van der Waals surface area contributed by atoms with Gasteiger partial charge >= 0.3 is 5.97 Å². The smallest absolute Gasteiger partial charge is 0.338 e. The highest BCUT2D eigenvalue weighted by Crippen LogP contribution is 2.22. The number of aryl methyl sites for hydroxylation is 2. The zero-order valence-electron chi connectivity index (χ0n) is 20.4. The van der Waals surface area contributed by atoms with Crippen molar-refractivity contribution >= 4 is 29.3 Å². The number of aromatic nitrogens is 3. The molecule has 9 heteroatoms. The minimum atomic E-state index is -0.432. The quantitative estimate of drug-likeness (QED) is 0.229. The number of hydrogen-bond acceptors (Lipinski definition) is 7.